The molecule has 0 atom stereocenters. The topological polar surface area (TPSA) is 75.9 Å². The number of aromatic nitrogens is 2. The minimum atomic E-state index is -0.131. The normalized spacial score (nSPS) is 11.5. The maximum atomic E-state index is 5.58. The first kappa shape index (κ1) is 15.7. The van der Waals surface area contributed by atoms with Crippen LogP contribution in [0.5, 0.6) is 0 Å². The van der Waals surface area contributed by atoms with Gasteiger partial charge in [0.2, 0.25) is 0 Å². The van der Waals surface area contributed by atoms with Crippen molar-refractivity contribution >= 4 is 23.0 Å². The van der Waals surface area contributed by atoms with E-state index in [0.717, 1.165) is 23.8 Å². The molecule has 0 fully saturated rings. The SMILES string of the molecule is Cc1cscc1CNc1nc(C(C)(C)C)nc(NN)c1C. The van der Waals surface area contributed by atoms with Crippen LogP contribution in [0.25, 0.3) is 0 Å². The van der Waals surface area contributed by atoms with Gasteiger partial charge >= 0.3 is 0 Å². The Hall–Kier alpha value is -1.66. The number of hydrazine groups is 1. The van der Waals surface area contributed by atoms with E-state index in [0.29, 0.717) is 5.82 Å². The molecule has 2 rings (SSSR count). The van der Waals surface area contributed by atoms with E-state index in [4.69, 9.17) is 5.84 Å². The number of anilines is 2. The molecule has 0 aliphatic heterocycles. The Bertz CT molecular complexity index is 627. The van der Waals surface area contributed by atoms with Gasteiger partial charge in [-0.3, -0.25) is 0 Å². The molecule has 0 aliphatic carbocycles. The number of aryl methyl sites for hydroxylation is 1. The van der Waals surface area contributed by atoms with Gasteiger partial charge in [-0.15, -0.1) is 0 Å². The summed E-state index contributed by atoms with van der Waals surface area (Å²) in [6.45, 7) is 11.1. The number of nitrogens with one attached hydrogen (secondary N) is 2. The summed E-state index contributed by atoms with van der Waals surface area (Å²) in [6, 6.07) is 0. The number of nitrogens with two attached hydrogens (primary N) is 1. The van der Waals surface area contributed by atoms with E-state index in [1.54, 1.807) is 11.3 Å². The summed E-state index contributed by atoms with van der Waals surface area (Å²) in [4.78, 5) is 9.17. The summed E-state index contributed by atoms with van der Waals surface area (Å²) in [6.07, 6.45) is 0. The number of hydrogen-bond donors (Lipinski definition) is 3. The minimum absolute atomic E-state index is 0.131. The lowest BCUT2D eigenvalue weighted by Gasteiger charge is -2.20. The lowest BCUT2D eigenvalue weighted by molar-refractivity contribution is 0.546. The Morgan fingerprint density at radius 1 is 1.14 bits per heavy atom. The molecular weight excluding hydrogens is 282 g/mol. The van der Waals surface area contributed by atoms with Crippen molar-refractivity contribution in [3.63, 3.8) is 0 Å². The van der Waals surface area contributed by atoms with Gasteiger partial charge in [0.15, 0.2) is 0 Å². The quantitative estimate of drug-likeness (QED) is 0.596. The fourth-order valence-corrected chi connectivity index (χ4v) is 2.77. The summed E-state index contributed by atoms with van der Waals surface area (Å²) < 4.78 is 0. The molecule has 2 aromatic rings. The second kappa shape index (κ2) is 5.99. The number of nitrogens with zero attached hydrogens (tertiary/aromatic N) is 2. The fourth-order valence-electron chi connectivity index (χ4n) is 1.91. The molecule has 0 bridgehead atoms. The van der Waals surface area contributed by atoms with Gasteiger partial charge in [-0.05, 0) is 35.7 Å². The molecule has 0 spiro atoms. The van der Waals surface area contributed by atoms with Crippen molar-refractivity contribution in [2.75, 3.05) is 10.7 Å². The zero-order valence-electron chi connectivity index (χ0n) is 13.2. The van der Waals surface area contributed by atoms with Crippen LogP contribution in [0.3, 0.4) is 0 Å². The van der Waals surface area contributed by atoms with E-state index in [1.165, 1.54) is 11.1 Å². The van der Waals surface area contributed by atoms with Crippen LogP contribution in [0.4, 0.5) is 11.6 Å². The highest BCUT2D eigenvalue weighted by atomic mass is 32.1. The summed E-state index contributed by atoms with van der Waals surface area (Å²) in [7, 11) is 0. The molecule has 0 radical (unpaired) electrons. The van der Waals surface area contributed by atoms with E-state index in [-0.39, 0.29) is 5.41 Å². The highest BCUT2D eigenvalue weighted by Gasteiger charge is 2.21. The maximum absolute atomic E-state index is 5.58. The fraction of sp³-hybridized carbons (Fsp3) is 0.467. The Kier molecular flexibility index (Phi) is 4.49. The third-order valence-electron chi connectivity index (χ3n) is 3.36. The van der Waals surface area contributed by atoms with Gasteiger partial charge in [-0.1, -0.05) is 20.8 Å². The van der Waals surface area contributed by atoms with E-state index < -0.39 is 0 Å². The van der Waals surface area contributed by atoms with Crippen LogP contribution in [0, 0.1) is 13.8 Å². The number of hydrogen-bond acceptors (Lipinski definition) is 6. The van der Waals surface area contributed by atoms with Crippen molar-refractivity contribution in [2.24, 2.45) is 5.84 Å². The van der Waals surface area contributed by atoms with E-state index in [2.05, 4.69) is 59.2 Å². The molecule has 0 aliphatic rings. The summed E-state index contributed by atoms with van der Waals surface area (Å²) in [5, 5.41) is 7.71. The van der Waals surface area contributed by atoms with Crippen molar-refractivity contribution in [3.8, 4) is 0 Å². The molecule has 0 unspecified atom stereocenters. The molecule has 21 heavy (non-hydrogen) atoms. The van der Waals surface area contributed by atoms with E-state index in [1.807, 2.05) is 6.92 Å². The van der Waals surface area contributed by atoms with E-state index in [9.17, 15) is 0 Å². The predicted molar refractivity (Wildman–Crippen MR) is 89.7 cm³/mol. The molecule has 0 amide bonds. The minimum Gasteiger partial charge on any atom is -0.366 e. The van der Waals surface area contributed by atoms with Crippen molar-refractivity contribution < 1.29 is 0 Å². The van der Waals surface area contributed by atoms with Crippen LogP contribution < -0.4 is 16.6 Å². The Morgan fingerprint density at radius 2 is 1.81 bits per heavy atom. The molecule has 5 nitrogen and oxygen atoms in total. The number of rotatable bonds is 4. The van der Waals surface area contributed by atoms with Gasteiger partial charge in [0.25, 0.3) is 0 Å². The third-order valence-corrected chi connectivity index (χ3v) is 4.27. The second-order valence-corrected chi connectivity index (χ2v) is 6.94. The molecule has 0 saturated carbocycles. The zero-order valence-corrected chi connectivity index (χ0v) is 14.1. The van der Waals surface area contributed by atoms with Crippen molar-refractivity contribution in [3.05, 3.63) is 33.3 Å². The van der Waals surface area contributed by atoms with Gasteiger partial charge in [0, 0.05) is 17.5 Å². The largest absolute Gasteiger partial charge is 0.366 e. The van der Waals surface area contributed by atoms with Crippen molar-refractivity contribution in [1.82, 2.24) is 9.97 Å². The lowest BCUT2D eigenvalue weighted by atomic mass is 9.95. The smallest absolute Gasteiger partial charge is 0.148 e. The average molecular weight is 305 g/mol. The van der Waals surface area contributed by atoms with E-state index >= 15 is 0 Å². The van der Waals surface area contributed by atoms with Crippen LogP contribution >= 0.6 is 11.3 Å². The summed E-state index contributed by atoms with van der Waals surface area (Å²) in [5.41, 5.74) is 6.05. The monoisotopic (exact) mass is 305 g/mol. The highest BCUT2D eigenvalue weighted by molar-refractivity contribution is 7.08. The molecule has 2 heterocycles. The van der Waals surface area contributed by atoms with Crippen LogP contribution in [0.15, 0.2) is 10.8 Å². The molecule has 0 saturated heterocycles. The van der Waals surface area contributed by atoms with Crippen molar-refractivity contribution in [1.29, 1.82) is 0 Å². The molecule has 2 aromatic heterocycles. The zero-order chi connectivity index (χ0) is 15.6. The average Bonchev–Trinajstić information content (AvgIpc) is 2.82. The number of nitrogen functional groups attached to an aromatic ring is 1. The van der Waals surface area contributed by atoms with Gasteiger partial charge in [0.05, 0.1) is 0 Å². The molecule has 6 heteroatoms. The first-order chi connectivity index (χ1) is 9.82. The molecule has 4 N–H and O–H groups in total. The standard InChI is InChI=1S/C15H23N5S/c1-9-7-21-8-11(9)6-17-12-10(2)13(20-16)19-14(18-12)15(3,4)5/h7-8H,6,16H2,1-5H3,(H2,17,18,19,20). The Morgan fingerprint density at radius 3 is 2.33 bits per heavy atom. The first-order valence-corrected chi connectivity index (χ1v) is 7.88. The molecule has 114 valence electrons. The van der Waals surface area contributed by atoms with Gasteiger partial charge < -0.3 is 10.7 Å². The number of thiophene rings is 1. The molecule has 0 aromatic carbocycles. The van der Waals surface area contributed by atoms with Crippen LogP contribution in [0.2, 0.25) is 0 Å². The highest BCUT2D eigenvalue weighted by Crippen LogP contribution is 2.26. The van der Waals surface area contributed by atoms with Crippen LogP contribution in [0.1, 0.15) is 43.3 Å². The van der Waals surface area contributed by atoms with Gasteiger partial charge in [0.1, 0.15) is 17.5 Å². The van der Waals surface area contributed by atoms with Crippen LogP contribution in [-0.2, 0) is 12.0 Å². The third kappa shape index (κ3) is 3.51. The Balaban J connectivity index is 2.31. The second-order valence-electron chi connectivity index (χ2n) is 6.20. The molecular formula is C15H23N5S. The summed E-state index contributed by atoms with van der Waals surface area (Å²) >= 11 is 1.72. The van der Waals surface area contributed by atoms with Crippen LogP contribution in [-0.4, -0.2) is 9.97 Å². The summed E-state index contributed by atoms with van der Waals surface area (Å²) in [5.74, 6) is 7.84. The maximum Gasteiger partial charge on any atom is 0.148 e. The van der Waals surface area contributed by atoms with Crippen molar-refractivity contribution in [2.45, 2.75) is 46.6 Å². The predicted octanol–water partition coefficient (Wildman–Crippen LogP) is 3.35. The Labute approximate surface area is 130 Å². The lowest BCUT2D eigenvalue weighted by Crippen LogP contribution is -2.21. The van der Waals surface area contributed by atoms with Gasteiger partial charge in [-0.25, -0.2) is 15.8 Å². The first-order valence-electron chi connectivity index (χ1n) is 6.94. The van der Waals surface area contributed by atoms with Gasteiger partial charge in [-0.2, -0.15) is 11.3 Å².